The number of alkyl halides is 1. The molecule has 0 N–H and O–H groups in total. The van der Waals surface area contributed by atoms with E-state index in [1.54, 1.807) is 6.20 Å². The van der Waals surface area contributed by atoms with Gasteiger partial charge in [-0.05, 0) is 40.2 Å². The summed E-state index contributed by atoms with van der Waals surface area (Å²) < 4.78 is 3.07. The van der Waals surface area contributed by atoms with Gasteiger partial charge >= 0.3 is 0 Å². The zero-order valence-electron chi connectivity index (χ0n) is 10.1. The minimum absolute atomic E-state index is 0.535. The number of aryl methyl sites for hydroxylation is 1. The average Bonchev–Trinajstić information content (AvgIpc) is 2.78. The van der Waals surface area contributed by atoms with Crippen LogP contribution in [-0.2, 0) is 6.42 Å². The Balaban J connectivity index is 2.31. The molecule has 2 aromatic heterocycles. The standard InChI is InChI=1S/C14H11BrClN3/c15-10-4-1-2-6-12(10)19-13(7-8-16)18-11-5-3-9-17-14(11)19/h1-6,9H,7-8H2. The second-order valence-electron chi connectivity index (χ2n) is 4.10. The summed E-state index contributed by atoms with van der Waals surface area (Å²) in [5.74, 6) is 1.46. The number of benzene rings is 1. The fourth-order valence-electron chi connectivity index (χ4n) is 2.10. The number of rotatable bonds is 3. The molecule has 0 spiro atoms. The number of nitrogens with zero attached hydrogens (tertiary/aromatic N) is 3. The molecule has 1 aromatic carbocycles. The van der Waals surface area contributed by atoms with E-state index in [0.29, 0.717) is 12.3 Å². The van der Waals surface area contributed by atoms with Gasteiger partial charge in [-0.2, -0.15) is 0 Å². The summed E-state index contributed by atoms with van der Waals surface area (Å²) in [6.45, 7) is 0. The minimum Gasteiger partial charge on any atom is -0.280 e. The highest BCUT2D eigenvalue weighted by atomic mass is 79.9. The van der Waals surface area contributed by atoms with Crippen molar-refractivity contribution in [2.45, 2.75) is 6.42 Å². The van der Waals surface area contributed by atoms with Crippen LogP contribution in [-0.4, -0.2) is 20.4 Å². The number of hydrogen-bond acceptors (Lipinski definition) is 2. The summed E-state index contributed by atoms with van der Waals surface area (Å²) in [6.07, 6.45) is 2.49. The van der Waals surface area contributed by atoms with E-state index in [-0.39, 0.29) is 0 Å². The Kier molecular flexibility index (Phi) is 3.53. The van der Waals surface area contributed by atoms with E-state index >= 15 is 0 Å². The lowest BCUT2D eigenvalue weighted by molar-refractivity contribution is 0.902. The topological polar surface area (TPSA) is 30.7 Å². The lowest BCUT2D eigenvalue weighted by Crippen LogP contribution is -2.03. The van der Waals surface area contributed by atoms with Crippen LogP contribution in [0.3, 0.4) is 0 Å². The molecule has 19 heavy (non-hydrogen) atoms. The molecule has 3 rings (SSSR count). The maximum absolute atomic E-state index is 5.88. The molecule has 0 saturated heterocycles. The molecular weight excluding hydrogens is 326 g/mol. The fraction of sp³-hybridized carbons (Fsp3) is 0.143. The predicted octanol–water partition coefficient (Wildman–Crippen LogP) is 3.96. The third kappa shape index (κ3) is 2.26. The van der Waals surface area contributed by atoms with Crippen molar-refractivity contribution >= 4 is 38.7 Å². The molecule has 0 radical (unpaired) electrons. The van der Waals surface area contributed by atoms with E-state index in [1.165, 1.54) is 0 Å². The van der Waals surface area contributed by atoms with E-state index in [2.05, 4.69) is 30.5 Å². The monoisotopic (exact) mass is 335 g/mol. The van der Waals surface area contributed by atoms with Crippen LogP contribution in [0.25, 0.3) is 16.9 Å². The van der Waals surface area contributed by atoms with Crippen LogP contribution in [0.4, 0.5) is 0 Å². The number of imidazole rings is 1. The van der Waals surface area contributed by atoms with Gasteiger partial charge in [0.05, 0.1) is 5.69 Å². The molecule has 96 valence electrons. The van der Waals surface area contributed by atoms with Crippen molar-refractivity contribution in [3.63, 3.8) is 0 Å². The predicted molar refractivity (Wildman–Crippen MR) is 81.0 cm³/mol. The van der Waals surface area contributed by atoms with Crippen LogP contribution < -0.4 is 0 Å². The van der Waals surface area contributed by atoms with Gasteiger partial charge in [-0.3, -0.25) is 4.57 Å². The van der Waals surface area contributed by atoms with Gasteiger partial charge in [0.1, 0.15) is 11.3 Å². The first-order valence-corrected chi connectivity index (χ1v) is 7.27. The second-order valence-corrected chi connectivity index (χ2v) is 5.33. The third-order valence-electron chi connectivity index (χ3n) is 2.90. The highest BCUT2D eigenvalue weighted by Crippen LogP contribution is 2.26. The Bertz CT molecular complexity index is 724. The van der Waals surface area contributed by atoms with Gasteiger partial charge in [-0.25, -0.2) is 9.97 Å². The van der Waals surface area contributed by atoms with Crippen LogP contribution in [0.2, 0.25) is 0 Å². The summed E-state index contributed by atoms with van der Waals surface area (Å²) in [6, 6.07) is 11.9. The normalized spacial score (nSPS) is 11.1. The number of aromatic nitrogens is 3. The quantitative estimate of drug-likeness (QED) is 0.678. The van der Waals surface area contributed by atoms with Crippen molar-refractivity contribution in [1.29, 1.82) is 0 Å². The van der Waals surface area contributed by atoms with E-state index in [0.717, 1.165) is 27.1 Å². The van der Waals surface area contributed by atoms with Crippen molar-refractivity contribution in [3.05, 3.63) is 52.9 Å². The number of fused-ring (bicyclic) bond motifs is 1. The first kappa shape index (κ1) is 12.6. The van der Waals surface area contributed by atoms with Gasteiger partial charge in [0.15, 0.2) is 5.65 Å². The molecule has 3 aromatic rings. The highest BCUT2D eigenvalue weighted by molar-refractivity contribution is 9.10. The Hall–Kier alpha value is -1.39. The molecule has 0 aliphatic rings. The van der Waals surface area contributed by atoms with Crippen molar-refractivity contribution in [2.75, 3.05) is 5.88 Å². The highest BCUT2D eigenvalue weighted by Gasteiger charge is 2.14. The zero-order valence-corrected chi connectivity index (χ0v) is 12.4. The molecule has 0 amide bonds. The largest absolute Gasteiger partial charge is 0.280 e. The van der Waals surface area contributed by atoms with Crippen molar-refractivity contribution in [1.82, 2.24) is 14.5 Å². The SMILES string of the molecule is ClCCc1nc2cccnc2n1-c1ccccc1Br. The molecule has 0 aliphatic carbocycles. The van der Waals surface area contributed by atoms with Crippen LogP contribution in [0.5, 0.6) is 0 Å². The Labute approximate surface area is 124 Å². The van der Waals surface area contributed by atoms with Gasteiger partial charge in [0.2, 0.25) is 0 Å². The van der Waals surface area contributed by atoms with Crippen LogP contribution in [0.15, 0.2) is 47.1 Å². The third-order valence-corrected chi connectivity index (χ3v) is 3.76. The van der Waals surface area contributed by atoms with E-state index in [9.17, 15) is 0 Å². The molecular formula is C14H11BrClN3. The molecule has 0 fully saturated rings. The Morgan fingerprint density at radius 1 is 1.16 bits per heavy atom. The lowest BCUT2D eigenvalue weighted by Gasteiger charge is -2.09. The molecule has 0 aliphatic heterocycles. The molecule has 3 nitrogen and oxygen atoms in total. The average molecular weight is 337 g/mol. The summed E-state index contributed by atoms with van der Waals surface area (Å²) in [5, 5.41) is 0. The lowest BCUT2D eigenvalue weighted by atomic mass is 10.3. The fourth-order valence-corrected chi connectivity index (χ4v) is 2.73. The summed E-state index contributed by atoms with van der Waals surface area (Å²) in [7, 11) is 0. The van der Waals surface area contributed by atoms with Crippen LogP contribution in [0, 0.1) is 0 Å². The van der Waals surface area contributed by atoms with Gasteiger partial charge < -0.3 is 0 Å². The van der Waals surface area contributed by atoms with E-state index < -0.39 is 0 Å². The van der Waals surface area contributed by atoms with Crippen LogP contribution >= 0.6 is 27.5 Å². The molecule has 0 atom stereocenters. The van der Waals surface area contributed by atoms with Crippen molar-refractivity contribution in [3.8, 4) is 5.69 Å². The molecule has 0 unspecified atom stereocenters. The summed E-state index contributed by atoms with van der Waals surface area (Å²) in [4.78, 5) is 9.05. The first-order valence-electron chi connectivity index (χ1n) is 5.94. The molecule has 0 bridgehead atoms. The van der Waals surface area contributed by atoms with Gasteiger partial charge in [0, 0.05) is 23.0 Å². The maximum atomic E-state index is 5.88. The maximum Gasteiger partial charge on any atom is 0.164 e. The smallest absolute Gasteiger partial charge is 0.164 e. The second kappa shape index (κ2) is 5.31. The molecule has 5 heteroatoms. The van der Waals surface area contributed by atoms with Crippen molar-refractivity contribution < 1.29 is 0 Å². The minimum atomic E-state index is 0.535. The van der Waals surface area contributed by atoms with E-state index in [4.69, 9.17) is 11.6 Å². The molecule has 0 saturated carbocycles. The Morgan fingerprint density at radius 3 is 2.79 bits per heavy atom. The van der Waals surface area contributed by atoms with Crippen molar-refractivity contribution in [2.24, 2.45) is 0 Å². The number of para-hydroxylation sites is 1. The Morgan fingerprint density at radius 2 is 2.00 bits per heavy atom. The summed E-state index contributed by atoms with van der Waals surface area (Å²) >= 11 is 9.46. The van der Waals surface area contributed by atoms with Crippen LogP contribution in [0.1, 0.15) is 5.82 Å². The van der Waals surface area contributed by atoms with Gasteiger partial charge in [-0.1, -0.05) is 12.1 Å². The number of halogens is 2. The first-order chi connectivity index (χ1) is 9.31. The van der Waals surface area contributed by atoms with Gasteiger partial charge in [-0.15, -0.1) is 11.6 Å². The summed E-state index contributed by atoms with van der Waals surface area (Å²) in [5.41, 5.74) is 2.77. The zero-order chi connectivity index (χ0) is 13.2. The number of pyridine rings is 1. The van der Waals surface area contributed by atoms with Gasteiger partial charge in [0.25, 0.3) is 0 Å². The van der Waals surface area contributed by atoms with E-state index in [1.807, 2.05) is 36.4 Å². The molecule has 2 heterocycles. The number of hydrogen-bond donors (Lipinski definition) is 0.